The smallest absolute Gasteiger partial charge is 0.152 e. The number of aryl methyl sites for hydroxylation is 1. The third-order valence-electron chi connectivity index (χ3n) is 3.20. The van der Waals surface area contributed by atoms with E-state index < -0.39 is 9.84 Å². The molecular formula is C14H21BrO2S. The number of alkyl halides is 1. The molecule has 1 aromatic carbocycles. The molecule has 1 aromatic rings. The van der Waals surface area contributed by atoms with Gasteiger partial charge in [-0.15, -0.1) is 0 Å². The summed E-state index contributed by atoms with van der Waals surface area (Å²) in [5, 5.41) is 0.510. The van der Waals surface area contributed by atoms with Crippen molar-refractivity contribution in [2.45, 2.75) is 38.4 Å². The second-order valence-electron chi connectivity index (χ2n) is 4.97. The van der Waals surface area contributed by atoms with Gasteiger partial charge in [-0.3, -0.25) is 0 Å². The van der Waals surface area contributed by atoms with E-state index in [0.29, 0.717) is 6.42 Å². The molecule has 1 atom stereocenters. The number of halogens is 1. The Morgan fingerprint density at radius 3 is 2.17 bits per heavy atom. The molecule has 0 aliphatic carbocycles. The Hall–Kier alpha value is -0.350. The Balaban J connectivity index is 2.72. The highest BCUT2D eigenvalue weighted by Gasteiger charge is 2.19. The fourth-order valence-corrected chi connectivity index (χ4v) is 3.50. The van der Waals surface area contributed by atoms with E-state index in [2.05, 4.69) is 47.1 Å². The number of benzene rings is 1. The summed E-state index contributed by atoms with van der Waals surface area (Å²) in [5.41, 5.74) is 2.43. The molecule has 1 unspecified atom stereocenters. The standard InChI is InChI=1S/C14H21BrO2S/c1-11(2)18(16,17)9-8-14(10-15)13-6-4-12(3)5-7-13/h4-7,11,14H,8-10H2,1-3H3. The van der Waals surface area contributed by atoms with Crippen molar-refractivity contribution >= 4 is 25.8 Å². The Kier molecular flexibility index (Phi) is 5.86. The molecule has 0 aliphatic heterocycles. The van der Waals surface area contributed by atoms with Crippen LogP contribution >= 0.6 is 15.9 Å². The van der Waals surface area contributed by atoms with Crippen LogP contribution in [0.3, 0.4) is 0 Å². The van der Waals surface area contributed by atoms with Crippen molar-refractivity contribution in [2.24, 2.45) is 0 Å². The summed E-state index contributed by atoms with van der Waals surface area (Å²) >= 11 is 3.48. The normalized spacial score (nSPS) is 13.8. The van der Waals surface area contributed by atoms with Gasteiger partial charge in [0.25, 0.3) is 0 Å². The van der Waals surface area contributed by atoms with Gasteiger partial charge in [-0.1, -0.05) is 45.8 Å². The first-order valence-corrected chi connectivity index (χ1v) is 9.04. The van der Waals surface area contributed by atoms with Gasteiger partial charge in [-0.25, -0.2) is 8.42 Å². The summed E-state index contributed by atoms with van der Waals surface area (Å²) in [6, 6.07) is 8.32. The minimum Gasteiger partial charge on any atom is -0.229 e. The molecule has 0 heterocycles. The molecular weight excluding hydrogens is 312 g/mol. The summed E-state index contributed by atoms with van der Waals surface area (Å²) in [5.74, 6) is 0.522. The van der Waals surface area contributed by atoms with Crippen molar-refractivity contribution in [1.29, 1.82) is 0 Å². The van der Waals surface area contributed by atoms with Gasteiger partial charge in [0.1, 0.15) is 0 Å². The van der Waals surface area contributed by atoms with Crippen LogP contribution in [0.2, 0.25) is 0 Å². The van der Waals surface area contributed by atoms with Crippen molar-refractivity contribution in [2.75, 3.05) is 11.1 Å². The van der Waals surface area contributed by atoms with Crippen molar-refractivity contribution in [3.8, 4) is 0 Å². The molecule has 0 fully saturated rings. The maximum atomic E-state index is 11.8. The molecule has 18 heavy (non-hydrogen) atoms. The number of sulfone groups is 1. The van der Waals surface area contributed by atoms with E-state index in [-0.39, 0.29) is 16.9 Å². The van der Waals surface area contributed by atoms with Crippen LogP contribution in [0.15, 0.2) is 24.3 Å². The van der Waals surface area contributed by atoms with Gasteiger partial charge in [0, 0.05) is 5.33 Å². The molecule has 0 bridgehead atoms. The van der Waals surface area contributed by atoms with Crippen molar-refractivity contribution in [3.63, 3.8) is 0 Å². The van der Waals surface area contributed by atoms with Crippen LogP contribution < -0.4 is 0 Å². The minimum absolute atomic E-state index is 0.259. The van der Waals surface area contributed by atoms with Gasteiger partial charge >= 0.3 is 0 Å². The third kappa shape index (κ3) is 4.39. The first kappa shape index (κ1) is 15.7. The fraction of sp³-hybridized carbons (Fsp3) is 0.571. The quantitative estimate of drug-likeness (QED) is 0.744. The van der Waals surface area contributed by atoms with E-state index in [1.165, 1.54) is 11.1 Å². The average Bonchev–Trinajstić information content (AvgIpc) is 2.31. The Morgan fingerprint density at radius 1 is 1.17 bits per heavy atom. The maximum absolute atomic E-state index is 11.8. The van der Waals surface area contributed by atoms with Crippen molar-refractivity contribution in [3.05, 3.63) is 35.4 Å². The second kappa shape index (κ2) is 6.71. The van der Waals surface area contributed by atoms with Gasteiger partial charge < -0.3 is 0 Å². The van der Waals surface area contributed by atoms with E-state index in [1.54, 1.807) is 13.8 Å². The molecule has 0 amide bonds. The SMILES string of the molecule is Cc1ccc(C(CBr)CCS(=O)(=O)C(C)C)cc1. The lowest BCUT2D eigenvalue weighted by Crippen LogP contribution is -2.19. The molecule has 0 N–H and O–H groups in total. The summed E-state index contributed by atoms with van der Waals surface area (Å²) in [6.45, 7) is 5.53. The molecule has 0 spiro atoms. The van der Waals surface area contributed by atoms with Crippen LogP contribution in [0.4, 0.5) is 0 Å². The van der Waals surface area contributed by atoms with Gasteiger partial charge in [-0.05, 0) is 38.7 Å². The van der Waals surface area contributed by atoms with E-state index in [4.69, 9.17) is 0 Å². The van der Waals surface area contributed by atoms with Gasteiger partial charge in [0.15, 0.2) is 9.84 Å². The lowest BCUT2D eigenvalue weighted by molar-refractivity contribution is 0.580. The van der Waals surface area contributed by atoms with Crippen molar-refractivity contribution < 1.29 is 8.42 Å². The average molecular weight is 333 g/mol. The summed E-state index contributed by atoms with van der Waals surface area (Å²) in [6.07, 6.45) is 0.675. The third-order valence-corrected chi connectivity index (χ3v) is 6.23. The fourth-order valence-electron chi connectivity index (χ4n) is 1.71. The topological polar surface area (TPSA) is 34.1 Å². The van der Waals surface area contributed by atoms with Gasteiger partial charge in [0.2, 0.25) is 0 Å². The first-order valence-electron chi connectivity index (χ1n) is 6.21. The number of rotatable bonds is 6. The predicted molar refractivity (Wildman–Crippen MR) is 81.3 cm³/mol. The van der Waals surface area contributed by atoms with Crippen LogP contribution in [0, 0.1) is 6.92 Å². The van der Waals surface area contributed by atoms with Gasteiger partial charge in [0.05, 0.1) is 11.0 Å². The summed E-state index contributed by atoms with van der Waals surface area (Å²) < 4.78 is 23.6. The Morgan fingerprint density at radius 2 is 1.72 bits per heavy atom. The zero-order valence-electron chi connectivity index (χ0n) is 11.2. The molecule has 0 aromatic heterocycles. The zero-order valence-corrected chi connectivity index (χ0v) is 13.6. The van der Waals surface area contributed by atoms with Crippen LogP contribution in [-0.2, 0) is 9.84 Å². The van der Waals surface area contributed by atoms with Crippen LogP contribution in [0.25, 0.3) is 0 Å². The molecule has 0 saturated heterocycles. The predicted octanol–water partition coefficient (Wildman–Crippen LogP) is 3.69. The molecule has 0 aliphatic rings. The minimum atomic E-state index is -2.94. The lowest BCUT2D eigenvalue weighted by atomic mass is 9.98. The highest BCUT2D eigenvalue weighted by Crippen LogP contribution is 2.23. The van der Waals surface area contributed by atoms with E-state index in [9.17, 15) is 8.42 Å². The largest absolute Gasteiger partial charge is 0.229 e. The van der Waals surface area contributed by atoms with Crippen LogP contribution in [0.5, 0.6) is 0 Å². The zero-order chi connectivity index (χ0) is 13.8. The monoisotopic (exact) mass is 332 g/mol. The second-order valence-corrected chi connectivity index (χ2v) is 8.29. The highest BCUT2D eigenvalue weighted by atomic mass is 79.9. The molecule has 4 heteroatoms. The summed E-state index contributed by atoms with van der Waals surface area (Å²) in [7, 11) is -2.94. The Bertz CT molecular complexity index is 463. The summed E-state index contributed by atoms with van der Waals surface area (Å²) in [4.78, 5) is 0. The van der Waals surface area contributed by atoms with Crippen molar-refractivity contribution in [1.82, 2.24) is 0 Å². The highest BCUT2D eigenvalue weighted by molar-refractivity contribution is 9.09. The maximum Gasteiger partial charge on any atom is 0.152 e. The first-order chi connectivity index (χ1) is 8.36. The van der Waals surface area contributed by atoms with E-state index in [0.717, 1.165) is 5.33 Å². The molecule has 0 saturated carbocycles. The Labute approximate surface area is 119 Å². The molecule has 102 valence electrons. The molecule has 0 radical (unpaired) electrons. The lowest BCUT2D eigenvalue weighted by Gasteiger charge is -2.16. The van der Waals surface area contributed by atoms with Crippen LogP contribution in [-0.4, -0.2) is 24.8 Å². The van der Waals surface area contributed by atoms with Gasteiger partial charge in [-0.2, -0.15) is 0 Å². The molecule has 2 nitrogen and oxygen atoms in total. The molecule has 1 rings (SSSR count). The van der Waals surface area contributed by atoms with Crippen LogP contribution in [0.1, 0.15) is 37.3 Å². The van der Waals surface area contributed by atoms with E-state index in [1.807, 2.05) is 0 Å². The number of hydrogen-bond acceptors (Lipinski definition) is 2. The number of hydrogen-bond donors (Lipinski definition) is 0. The van der Waals surface area contributed by atoms with E-state index >= 15 is 0 Å².